The minimum absolute atomic E-state index is 0. The summed E-state index contributed by atoms with van der Waals surface area (Å²) in [5, 5.41) is 14.1. The maximum Gasteiger partial charge on any atom is 0.269 e. The molecule has 0 saturated heterocycles. The van der Waals surface area contributed by atoms with Crippen LogP contribution in [0.1, 0.15) is 12.5 Å². The van der Waals surface area contributed by atoms with E-state index in [-0.39, 0.29) is 36.5 Å². The van der Waals surface area contributed by atoms with E-state index in [4.69, 9.17) is 11.6 Å². The van der Waals surface area contributed by atoms with Crippen LogP contribution >= 0.6 is 24.0 Å². The van der Waals surface area contributed by atoms with Crippen molar-refractivity contribution >= 4 is 35.6 Å². The fourth-order valence-corrected chi connectivity index (χ4v) is 2.08. The number of nitro groups is 1. The highest BCUT2D eigenvalue weighted by Crippen LogP contribution is 2.23. The van der Waals surface area contributed by atoms with E-state index in [2.05, 4.69) is 5.32 Å². The summed E-state index contributed by atoms with van der Waals surface area (Å²) in [7, 11) is 3.44. The third-order valence-electron chi connectivity index (χ3n) is 2.96. The second kappa shape index (κ2) is 8.81. The van der Waals surface area contributed by atoms with Crippen LogP contribution in [0.3, 0.4) is 0 Å². The maximum atomic E-state index is 12.1. The Labute approximate surface area is 135 Å². The van der Waals surface area contributed by atoms with Gasteiger partial charge in [0.2, 0.25) is 5.91 Å². The molecule has 0 saturated carbocycles. The van der Waals surface area contributed by atoms with Crippen molar-refractivity contribution in [3.63, 3.8) is 0 Å². The van der Waals surface area contributed by atoms with E-state index in [1.165, 1.54) is 23.1 Å². The minimum Gasteiger partial charge on any atom is -0.341 e. The van der Waals surface area contributed by atoms with Crippen molar-refractivity contribution in [2.75, 3.05) is 20.6 Å². The first-order valence-corrected chi connectivity index (χ1v) is 6.57. The number of amides is 1. The van der Waals surface area contributed by atoms with E-state index in [1.54, 1.807) is 14.1 Å². The first kappa shape index (κ1) is 19.6. The van der Waals surface area contributed by atoms with E-state index >= 15 is 0 Å². The zero-order valence-corrected chi connectivity index (χ0v) is 13.7. The molecule has 8 heteroatoms. The zero-order chi connectivity index (χ0) is 15.3. The van der Waals surface area contributed by atoms with Crippen LogP contribution in [0.25, 0.3) is 0 Å². The molecule has 21 heavy (non-hydrogen) atoms. The Kier molecular flexibility index (Phi) is 8.24. The average Bonchev–Trinajstić information content (AvgIpc) is 2.40. The first-order chi connectivity index (χ1) is 9.36. The Morgan fingerprint density at radius 3 is 2.67 bits per heavy atom. The van der Waals surface area contributed by atoms with Gasteiger partial charge in [-0.2, -0.15) is 0 Å². The second-order valence-corrected chi connectivity index (χ2v) is 5.09. The van der Waals surface area contributed by atoms with Crippen molar-refractivity contribution in [1.82, 2.24) is 10.2 Å². The van der Waals surface area contributed by atoms with Gasteiger partial charge in [-0.3, -0.25) is 14.9 Å². The predicted octanol–water partition coefficient (Wildman–Crippen LogP) is 2.48. The molecule has 6 nitrogen and oxygen atoms in total. The Hall–Kier alpha value is -1.37. The van der Waals surface area contributed by atoms with Crippen LogP contribution in [0.15, 0.2) is 18.2 Å². The lowest BCUT2D eigenvalue weighted by Gasteiger charge is -2.21. The lowest BCUT2D eigenvalue weighted by Crippen LogP contribution is -2.35. The quantitative estimate of drug-likeness (QED) is 0.640. The van der Waals surface area contributed by atoms with Crippen molar-refractivity contribution < 1.29 is 9.72 Å². The van der Waals surface area contributed by atoms with Gasteiger partial charge in [-0.05, 0) is 18.7 Å². The van der Waals surface area contributed by atoms with Crippen LogP contribution in [-0.2, 0) is 11.3 Å². The lowest BCUT2D eigenvalue weighted by atomic mass is 10.1. The first-order valence-electron chi connectivity index (χ1n) is 6.19. The molecule has 0 heterocycles. The van der Waals surface area contributed by atoms with Crippen molar-refractivity contribution in [3.05, 3.63) is 38.9 Å². The molecule has 0 aliphatic rings. The van der Waals surface area contributed by atoms with Crippen LogP contribution in [0.2, 0.25) is 5.02 Å². The third kappa shape index (κ3) is 5.49. The highest BCUT2D eigenvalue weighted by Gasteiger charge is 2.18. The summed E-state index contributed by atoms with van der Waals surface area (Å²) in [5.74, 6) is -0.204. The Morgan fingerprint density at radius 2 is 2.14 bits per heavy atom. The molecular formula is C13H19Cl2N3O3. The SMILES string of the molecule is CNCC(C)C(=O)N(C)Cc1cc([N+](=O)[O-])ccc1Cl.Cl. The summed E-state index contributed by atoms with van der Waals surface area (Å²) >= 11 is 6.02. The monoisotopic (exact) mass is 335 g/mol. The highest BCUT2D eigenvalue weighted by atomic mass is 35.5. The molecule has 0 fully saturated rings. The van der Waals surface area contributed by atoms with Gasteiger partial charge in [0, 0.05) is 43.2 Å². The maximum absolute atomic E-state index is 12.1. The zero-order valence-electron chi connectivity index (χ0n) is 12.1. The minimum atomic E-state index is -0.481. The molecule has 0 aromatic heterocycles. The van der Waals surface area contributed by atoms with E-state index in [9.17, 15) is 14.9 Å². The van der Waals surface area contributed by atoms with Crippen molar-refractivity contribution in [2.45, 2.75) is 13.5 Å². The number of carbonyl (C=O) groups excluding carboxylic acids is 1. The van der Waals surface area contributed by atoms with Gasteiger partial charge in [0.1, 0.15) is 0 Å². The molecule has 1 atom stereocenters. The van der Waals surface area contributed by atoms with Crippen LogP contribution in [0.5, 0.6) is 0 Å². The smallest absolute Gasteiger partial charge is 0.269 e. The molecule has 0 aliphatic heterocycles. The topological polar surface area (TPSA) is 75.5 Å². The molecule has 1 unspecified atom stereocenters. The summed E-state index contributed by atoms with van der Waals surface area (Å²) in [5.41, 5.74) is 0.530. The molecule has 1 aromatic rings. The van der Waals surface area contributed by atoms with Gasteiger partial charge in [-0.15, -0.1) is 12.4 Å². The number of halogens is 2. The number of rotatable bonds is 6. The Balaban J connectivity index is 0.00000400. The number of hydrogen-bond acceptors (Lipinski definition) is 4. The number of nitro benzene ring substituents is 1. The molecular weight excluding hydrogens is 317 g/mol. The van der Waals surface area contributed by atoms with Gasteiger partial charge in [-0.25, -0.2) is 0 Å². The summed E-state index contributed by atoms with van der Waals surface area (Å²) in [6.07, 6.45) is 0. The van der Waals surface area contributed by atoms with Crippen molar-refractivity contribution in [2.24, 2.45) is 5.92 Å². The van der Waals surface area contributed by atoms with Crippen molar-refractivity contribution in [3.8, 4) is 0 Å². The number of carbonyl (C=O) groups is 1. The molecule has 0 aliphatic carbocycles. The van der Waals surface area contributed by atoms with Crippen LogP contribution in [0, 0.1) is 16.0 Å². The molecule has 1 N–H and O–H groups in total. The van der Waals surface area contributed by atoms with E-state index in [0.29, 0.717) is 17.1 Å². The molecule has 0 bridgehead atoms. The third-order valence-corrected chi connectivity index (χ3v) is 3.32. The van der Waals surface area contributed by atoms with Gasteiger partial charge in [0.25, 0.3) is 5.69 Å². The fourth-order valence-electron chi connectivity index (χ4n) is 1.90. The number of benzene rings is 1. The Morgan fingerprint density at radius 1 is 1.52 bits per heavy atom. The Bertz CT molecular complexity index is 511. The van der Waals surface area contributed by atoms with Crippen LogP contribution in [-0.4, -0.2) is 36.4 Å². The lowest BCUT2D eigenvalue weighted by molar-refractivity contribution is -0.384. The summed E-state index contributed by atoms with van der Waals surface area (Å²) < 4.78 is 0. The van der Waals surface area contributed by atoms with Gasteiger partial charge in [0.05, 0.1) is 4.92 Å². The van der Waals surface area contributed by atoms with Gasteiger partial charge >= 0.3 is 0 Å². The van der Waals surface area contributed by atoms with Crippen LogP contribution in [0.4, 0.5) is 5.69 Å². The van der Waals surface area contributed by atoms with Gasteiger partial charge < -0.3 is 10.2 Å². The summed E-state index contributed by atoms with van der Waals surface area (Å²) in [6, 6.07) is 4.22. The normalized spacial score (nSPS) is 11.4. The highest BCUT2D eigenvalue weighted by molar-refractivity contribution is 6.31. The van der Waals surface area contributed by atoms with E-state index < -0.39 is 4.92 Å². The van der Waals surface area contributed by atoms with Crippen molar-refractivity contribution in [1.29, 1.82) is 0 Å². The molecule has 118 valence electrons. The molecule has 1 amide bonds. The average molecular weight is 336 g/mol. The molecule has 1 rings (SSSR count). The van der Waals surface area contributed by atoms with Gasteiger partial charge in [0.15, 0.2) is 0 Å². The molecule has 1 aromatic carbocycles. The van der Waals surface area contributed by atoms with E-state index in [0.717, 1.165) is 0 Å². The molecule has 0 spiro atoms. The van der Waals surface area contributed by atoms with Crippen LogP contribution < -0.4 is 5.32 Å². The number of nitrogens with one attached hydrogen (secondary N) is 1. The number of non-ortho nitro benzene ring substituents is 1. The van der Waals surface area contributed by atoms with E-state index in [1.807, 2.05) is 6.92 Å². The standard InChI is InChI=1S/C13H18ClN3O3.ClH/c1-9(7-15-2)13(18)16(3)8-10-6-11(17(19)20)4-5-12(10)14;/h4-6,9,15H,7-8H2,1-3H3;1H. The summed E-state index contributed by atoms with van der Waals surface area (Å²) in [6.45, 7) is 2.64. The summed E-state index contributed by atoms with van der Waals surface area (Å²) in [4.78, 5) is 23.9. The second-order valence-electron chi connectivity index (χ2n) is 4.69. The number of nitrogens with zero attached hydrogens (tertiary/aromatic N) is 2. The molecule has 0 radical (unpaired) electrons. The van der Waals surface area contributed by atoms with Gasteiger partial charge in [-0.1, -0.05) is 18.5 Å². The number of hydrogen-bond donors (Lipinski definition) is 1. The predicted molar refractivity (Wildman–Crippen MR) is 84.9 cm³/mol. The largest absolute Gasteiger partial charge is 0.341 e. The fraction of sp³-hybridized carbons (Fsp3) is 0.462.